The lowest BCUT2D eigenvalue weighted by atomic mass is 10.1. The van der Waals surface area contributed by atoms with E-state index >= 15 is 0 Å². The summed E-state index contributed by atoms with van der Waals surface area (Å²) in [7, 11) is 1.46. The second-order valence-electron chi connectivity index (χ2n) is 5.00. The average molecular weight is 290 g/mol. The molecular formula is C14H18N4O3. The molecule has 2 amide bonds. The van der Waals surface area contributed by atoms with Gasteiger partial charge in [-0.15, -0.1) is 0 Å². The fraction of sp³-hybridized carbons (Fsp3) is 0.429. The lowest BCUT2D eigenvalue weighted by molar-refractivity contribution is -0.132. The number of methoxy groups -OCH3 is 1. The van der Waals surface area contributed by atoms with Gasteiger partial charge in [0.15, 0.2) is 0 Å². The molecule has 0 spiro atoms. The van der Waals surface area contributed by atoms with Gasteiger partial charge in [-0.05, 0) is 18.4 Å². The molecule has 1 N–H and O–H groups in total. The zero-order valence-corrected chi connectivity index (χ0v) is 12.1. The van der Waals surface area contributed by atoms with Gasteiger partial charge in [0.2, 0.25) is 11.8 Å². The van der Waals surface area contributed by atoms with Crippen molar-refractivity contribution in [2.24, 2.45) is 5.92 Å². The Hall–Kier alpha value is -2.44. The molecule has 1 aliphatic rings. The standard InChI is InChI=1S/C14H18N4O3/c1-4-12(19)18-8-9(2)5-11(18)13(20)17-10-6-15-14(21-3)16-7-10/h4,6-7,9,11H,1,5,8H2,2-3H3,(H,17,20)/t9-,11+/m1/s1. The van der Waals surface area contributed by atoms with E-state index < -0.39 is 6.04 Å². The van der Waals surface area contributed by atoms with Crippen LogP contribution in [-0.4, -0.2) is 46.4 Å². The van der Waals surface area contributed by atoms with E-state index in [-0.39, 0.29) is 23.7 Å². The first-order valence-electron chi connectivity index (χ1n) is 6.65. The number of nitrogens with one attached hydrogen (secondary N) is 1. The van der Waals surface area contributed by atoms with Crippen molar-refractivity contribution in [3.05, 3.63) is 25.0 Å². The second kappa shape index (κ2) is 6.34. The van der Waals surface area contributed by atoms with E-state index in [0.717, 1.165) is 0 Å². The quantitative estimate of drug-likeness (QED) is 0.831. The number of aromatic nitrogens is 2. The number of carbonyl (C=O) groups excluding carboxylic acids is 2. The summed E-state index contributed by atoms with van der Waals surface area (Å²) in [6.45, 7) is 6.03. The van der Waals surface area contributed by atoms with Crippen LogP contribution in [0.15, 0.2) is 25.0 Å². The summed E-state index contributed by atoms with van der Waals surface area (Å²) >= 11 is 0. The number of anilines is 1. The number of likely N-dealkylation sites (tertiary alicyclic amines) is 1. The Labute approximate surface area is 123 Å². The van der Waals surface area contributed by atoms with Gasteiger partial charge in [0, 0.05) is 6.54 Å². The maximum atomic E-state index is 12.3. The van der Waals surface area contributed by atoms with Gasteiger partial charge in [-0.25, -0.2) is 9.97 Å². The highest BCUT2D eigenvalue weighted by Crippen LogP contribution is 2.24. The van der Waals surface area contributed by atoms with Gasteiger partial charge in [0.1, 0.15) is 6.04 Å². The third-order valence-corrected chi connectivity index (χ3v) is 3.35. The third-order valence-electron chi connectivity index (χ3n) is 3.35. The summed E-state index contributed by atoms with van der Waals surface area (Å²) in [4.78, 5) is 33.5. The highest BCUT2D eigenvalue weighted by molar-refractivity contribution is 5.99. The van der Waals surface area contributed by atoms with Crippen LogP contribution in [0.3, 0.4) is 0 Å². The van der Waals surface area contributed by atoms with E-state index in [0.29, 0.717) is 18.7 Å². The molecule has 2 heterocycles. The van der Waals surface area contributed by atoms with Crippen molar-refractivity contribution >= 4 is 17.5 Å². The molecule has 21 heavy (non-hydrogen) atoms. The largest absolute Gasteiger partial charge is 0.467 e. The van der Waals surface area contributed by atoms with Crippen LogP contribution < -0.4 is 10.1 Å². The number of hydrogen-bond acceptors (Lipinski definition) is 5. The van der Waals surface area contributed by atoms with Crippen molar-refractivity contribution in [1.29, 1.82) is 0 Å². The Kier molecular flexibility index (Phi) is 4.52. The minimum Gasteiger partial charge on any atom is -0.467 e. The van der Waals surface area contributed by atoms with E-state index in [1.165, 1.54) is 30.5 Å². The van der Waals surface area contributed by atoms with Crippen LogP contribution in [0.25, 0.3) is 0 Å². The van der Waals surface area contributed by atoms with Crippen LogP contribution in [-0.2, 0) is 9.59 Å². The highest BCUT2D eigenvalue weighted by atomic mass is 16.5. The predicted octanol–water partition coefficient (Wildman–Crippen LogP) is 0.847. The molecule has 0 aromatic carbocycles. The Morgan fingerprint density at radius 1 is 1.48 bits per heavy atom. The molecule has 1 aliphatic heterocycles. The van der Waals surface area contributed by atoms with E-state index in [1.54, 1.807) is 0 Å². The predicted molar refractivity (Wildman–Crippen MR) is 76.7 cm³/mol. The van der Waals surface area contributed by atoms with E-state index in [9.17, 15) is 9.59 Å². The third kappa shape index (κ3) is 3.36. The first kappa shape index (κ1) is 15.0. The van der Waals surface area contributed by atoms with Crippen LogP contribution in [0.1, 0.15) is 13.3 Å². The van der Waals surface area contributed by atoms with Crippen LogP contribution in [0.4, 0.5) is 5.69 Å². The number of carbonyl (C=O) groups is 2. The molecule has 1 saturated heterocycles. The molecule has 0 unspecified atom stereocenters. The zero-order valence-electron chi connectivity index (χ0n) is 12.1. The molecule has 7 heteroatoms. The minimum absolute atomic E-state index is 0.228. The van der Waals surface area contributed by atoms with Crippen molar-refractivity contribution < 1.29 is 14.3 Å². The summed E-state index contributed by atoms with van der Waals surface area (Å²) < 4.78 is 4.85. The summed E-state index contributed by atoms with van der Waals surface area (Å²) in [5, 5.41) is 2.72. The number of nitrogens with zero attached hydrogens (tertiary/aromatic N) is 3. The Morgan fingerprint density at radius 3 is 2.71 bits per heavy atom. The van der Waals surface area contributed by atoms with Gasteiger partial charge in [0.05, 0.1) is 25.2 Å². The van der Waals surface area contributed by atoms with Crippen molar-refractivity contribution in [3.63, 3.8) is 0 Å². The smallest absolute Gasteiger partial charge is 0.316 e. The molecular weight excluding hydrogens is 272 g/mol. The maximum absolute atomic E-state index is 12.3. The molecule has 2 atom stereocenters. The number of hydrogen-bond donors (Lipinski definition) is 1. The van der Waals surface area contributed by atoms with Gasteiger partial charge < -0.3 is 15.0 Å². The first-order chi connectivity index (χ1) is 10.0. The summed E-state index contributed by atoms with van der Waals surface area (Å²) in [6.07, 6.45) is 4.78. The van der Waals surface area contributed by atoms with Crippen molar-refractivity contribution in [2.45, 2.75) is 19.4 Å². The van der Waals surface area contributed by atoms with Crippen molar-refractivity contribution in [3.8, 4) is 6.01 Å². The maximum Gasteiger partial charge on any atom is 0.316 e. The number of amides is 2. The topological polar surface area (TPSA) is 84.4 Å². The fourth-order valence-corrected chi connectivity index (χ4v) is 2.37. The molecule has 2 rings (SSSR count). The first-order valence-corrected chi connectivity index (χ1v) is 6.65. The van der Waals surface area contributed by atoms with Gasteiger partial charge in [-0.3, -0.25) is 9.59 Å². The summed E-state index contributed by atoms with van der Waals surface area (Å²) in [5.41, 5.74) is 0.464. The molecule has 7 nitrogen and oxygen atoms in total. The van der Waals surface area contributed by atoms with Gasteiger partial charge >= 0.3 is 6.01 Å². The Bertz CT molecular complexity index is 544. The number of rotatable bonds is 4. The second-order valence-corrected chi connectivity index (χ2v) is 5.00. The van der Waals surface area contributed by atoms with Crippen LogP contribution in [0.2, 0.25) is 0 Å². The van der Waals surface area contributed by atoms with Gasteiger partial charge in [-0.2, -0.15) is 0 Å². The molecule has 0 bridgehead atoms. The Balaban J connectivity index is 2.07. The van der Waals surface area contributed by atoms with Gasteiger partial charge in [-0.1, -0.05) is 13.5 Å². The minimum atomic E-state index is -0.493. The van der Waals surface area contributed by atoms with Crippen LogP contribution in [0, 0.1) is 5.92 Å². The highest BCUT2D eigenvalue weighted by Gasteiger charge is 2.36. The molecule has 1 aromatic heterocycles. The molecule has 112 valence electrons. The normalized spacial score (nSPS) is 21.0. The van der Waals surface area contributed by atoms with Crippen molar-refractivity contribution in [2.75, 3.05) is 19.0 Å². The molecule has 1 fully saturated rings. The zero-order chi connectivity index (χ0) is 15.4. The fourth-order valence-electron chi connectivity index (χ4n) is 2.37. The van der Waals surface area contributed by atoms with E-state index in [1.807, 2.05) is 6.92 Å². The molecule has 0 saturated carbocycles. The summed E-state index contributed by atoms with van der Waals surface area (Å²) in [6, 6.07) is -0.265. The number of ether oxygens (including phenoxy) is 1. The molecule has 0 radical (unpaired) electrons. The molecule has 1 aromatic rings. The lowest BCUT2D eigenvalue weighted by Gasteiger charge is -2.22. The van der Waals surface area contributed by atoms with Crippen LogP contribution in [0.5, 0.6) is 6.01 Å². The monoisotopic (exact) mass is 290 g/mol. The summed E-state index contributed by atoms with van der Waals surface area (Å²) in [5.74, 6) is -0.203. The van der Waals surface area contributed by atoms with Gasteiger partial charge in [0.25, 0.3) is 0 Å². The lowest BCUT2D eigenvalue weighted by Crippen LogP contribution is -2.42. The molecule has 0 aliphatic carbocycles. The van der Waals surface area contributed by atoms with Crippen LogP contribution >= 0.6 is 0 Å². The SMILES string of the molecule is C=CC(=O)N1C[C@H](C)C[C@H]1C(=O)Nc1cnc(OC)nc1. The Morgan fingerprint density at radius 2 is 2.14 bits per heavy atom. The average Bonchev–Trinajstić information content (AvgIpc) is 2.89. The van der Waals surface area contributed by atoms with E-state index in [2.05, 4.69) is 21.9 Å². The van der Waals surface area contributed by atoms with E-state index in [4.69, 9.17) is 4.74 Å². The van der Waals surface area contributed by atoms with Crippen molar-refractivity contribution in [1.82, 2.24) is 14.9 Å².